The minimum atomic E-state index is -3.69. The van der Waals surface area contributed by atoms with Crippen LogP contribution in [0.5, 0.6) is 11.5 Å². The average Bonchev–Trinajstić information content (AvgIpc) is 2.76. The summed E-state index contributed by atoms with van der Waals surface area (Å²) < 4.78 is 38.2. The number of carbonyl (C=O) groups is 2. The minimum Gasteiger partial charge on any atom is -0.486 e. The molecule has 1 atom stereocenters. The van der Waals surface area contributed by atoms with Gasteiger partial charge in [-0.25, -0.2) is 13.1 Å². The van der Waals surface area contributed by atoms with Crippen molar-refractivity contribution in [3.05, 3.63) is 53.6 Å². The molecule has 0 fully saturated rings. The molecule has 1 aliphatic heterocycles. The Balaban J connectivity index is 1.45. The average molecular weight is 447 g/mol. The number of benzene rings is 2. The summed E-state index contributed by atoms with van der Waals surface area (Å²) in [5.41, 5.74) is 1.34. The molecule has 0 radical (unpaired) electrons. The van der Waals surface area contributed by atoms with E-state index in [-0.39, 0.29) is 35.6 Å². The SMILES string of the molecule is CC(=O)c1ccc(S(=O)(=O)NCCCC(=O)N[C@@H](C)c2ccc3c(c2)OCCO3)cc1. The normalized spacial score (nSPS) is 14.0. The number of rotatable bonds is 9. The summed E-state index contributed by atoms with van der Waals surface area (Å²) in [7, 11) is -3.69. The topological polar surface area (TPSA) is 111 Å². The van der Waals surface area contributed by atoms with Crippen LogP contribution in [0.3, 0.4) is 0 Å². The summed E-state index contributed by atoms with van der Waals surface area (Å²) >= 11 is 0. The number of carbonyl (C=O) groups excluding carboxylic acids is 2. The van der Waals surface area contributed by atoms with E-state index in [1.165, 1.54) is 31.2 Å². The van der Waals surface area contributed by atoms with Crippen LogP contribution in [0.2, 0.25) is 0 Å². The Morgan fingerprint density at radius 3 is 2.39 bits per heavy atom. The third-order valence-electron chi connectivity index (χ3n) is 4.89. The summed E-state index contributed by atoms with van der Waals surface area (Å²) in [5.74, 6) is 1.05. The van der Waals surface area contributed by atoms with Crippen LogP contribution < -0.4 is 19.5 Å². The lowest BCUT2D eigenvalue weighted by molar-refractivity contribution is -0.121. The van der Waals surface area contributed by atoms with Crippen LogP contribution in [0.1, 0.15) is 48.7 Å². The first-order chi connectivity index (χ1) is 14.8. The third-order valence-corrected chi connectivity index (χ3v) is 6.36. The van der Waals surface area contributed by atoms with Crippen molar-refractivity contribution >= 4 is 21.7 Å². The molecular formula is C22H26N2O6S. The fraction of sp³-hybridized carbons (Fsp3) is 0.364. The van der Waals surface area contributed by atoms with E-state index in [0.717, 1.165) is 5.56 Å². The van der Waals surface area contributed by atoms with Gasteiger partial charge in [-0.05, 0) is 50.1 Å². The van der Waals surface area contributed by atoms with Crippen LogP contribution in [0.4, 0.5) is 0 Å². The summed E-state index contributed by atoms with van der Waals surface area (Å²) in [6, 6.07) is 11.1. The summed E-state index contributed by atoms with van der Waals surface area (Å²) in [4.78, 5) is 23.6. The molecule has 8 nitrogen and oxygen atoms in total. The molecular weight excluding hydrogens is 420 g/mol. The maximum absolute atomic E-state index is 12.3. The van der Waals surface area contributed by atoms with Gasteiger partial charge in [-0.15, -0.1) is 0 Å². The molecule has 0 aromatic heterocycles. The lowest BCUT2D eigenvalue weighted by atomic mass is 10.1. The van der Waals surface area contributed by atoms with E-state index >= 15 is 0 Å². The number of sulfonamides is 1. The lowest BCUT2D eigenvalue weighted by Crippen LogP contribution is -2.29. The van der Waals surface area contributed by atoms with Crippen LogP contribution in [0, 0.1) is 0 Å². The first-order valence-electron chi connectivity index (χ1n) is 10.1. The number of nitrogens with one attached hydrogen (secondary N) is 2. The Labute approximate surface area is 182 Å². The Bertz CT molecular complexity index is 1050. The van der Waals surface area contributed by atoms with Gasteiger partial charge in [0.05, 0.1) is 10.9 Å². The molecule has 0 saturated carbocycles. The van der Waals surface area contributed by atoms with Gasteiger partial charge in [-0.2, -0.15) is 0 Å². The van der Waals surface area contributed by atoms with Crippen molar-refractivity contribution < 1.29 is 27.5 Å². The van der Waals surface area contributed by atoms with Gasteiger partial charge in [0.2, 0.25) is 15.9 Å². The van der Waals surface area contributed by atoms with Gasteiger partial charge in [0.1, 0.15) is 13.2 Å². The highest BCUT2D eigenvalue weighted by molar-refractivity contribution is 7.89. The Morgan fingerprint density at radius 1 is 1.03 bits per heavy atom. The largest absolute Gasteiger partial charge is 0.486 e. The monoisotopic (exact) mass is 446 g/mol. The molecule has 166 valence electrons. The van der Waals surface area contributed by atoms with E-state index in [0.29, 0.717) is 36.7 Å². The number of hydrogen-bond acceptors (Lipinski definition) is 6. The van der Waals surface area contributed by atoms with Crippen molar-refractivity contribution in [3.63, 3.8) is 0 Å². The molecule has 1 amide bonds. The third kappa shape index (κ3) is 6.05. The molecule has 2 aromatic rings. The summed E-state index contributed by atoms with van der Waals surface area (Å²) in [6.45, 7) is 4.43. The van der Waals surface area contributed by atoms with Crippen LogP contribution in [0.15, 0.2) is 47.4 Å². The Hall–Kier alpha value is -2.91. The molecule has 2 aromatic carbocycles. The quantitative estimate of drug-likeness (QED) is 0.453. The number of ketones is 1. The zero-order chi connectivity index (χ0) is 22.4. The van der Waals surface area contributed by atoms with Crippen molar-refractivity contribution in [2.75, 3.05) is 19.8 Å². The highest BCUT2D eigenvalue weighted by Crippen LogP contribution is 2.32. The molecule has 3 rings (SSSR count). The number of ether oxygens (including phenoxy) is 2. The van der Waals surface area contributed by atoms with Crippen LogP contribution in [-0.4, -0.2) is 39.9 Å². The molecule has 0 spiro atoms. The molecule has 0 saturated heterocycles. The van der Waals surface area contributed by atoms with Crippen molar-refractivity contribution in [1.82, 2.24) is 10.0 Å². The van der Waals surface area contributed by atoms with Crippen LogP contribution in [0.25, 0.3) is 0 Å². The van der Waals surface area contributed by atoms with Crippen molar-refractivity contribution in [3.8, 4) is 11.5 Å². The molecule has 0 aliphatic carbocycles. The zero-order valence-electron chi connectivity index (χ0n) is 17.5. The van der Waals surface area contributed by atoms with Gasteiger partial charge in [-0.3, -0.25) is 9.59 Å². The standard InChI is InChI=1S/C22H26N2O6S/c1-15(18-7-10-20-21(14-18)30-13-12-29-20)24-22(26)4-3-11-23-31(27,28)19-8-5-17(6-9-19)16(2)25/h5-10,14-15,23H,3-4,11-13H2,1-2H3,(H,24,26)/t15-/m0/s1. The Morgan fingerprint density at radius 2 is 1.71 bits per heavy atom. The van der Waals surface area contributed by atoms with Gasteiger partial charge < -0.3 is 14.8 Å². The molecule has 0 unspecified atom stereocenters. The molecule has 2 N–H and O–H groups in total. The highest BCUT2D eigenvalue weighted by atomic mass is 32.2. The van der Waals surface area contributed by atoms with Crippen molar-refractivity contribution in [2.24, 2.45) is 0 Å². The lowest BCUT2D eigenvalue weighted by Gasteiger charge is -2.21. The second-order valence-corrected chi connectivity index (χ2v) is 9.04. The Kier molecular flexibility index (Phi) is 7.29. The van der Waals surface area contributed by atoms with Gasteiger partial charge in [0.15, 0.2) is 17.3 Å². The smallest absolute Gasteiger partial charge is 0.240 e. The molecule has 1 aliphatic rings. The molecule has 31 heavy (non-hydrogen) atoms. The maximum Gasteiger partial charge on any atom is 0.240 e. The van der Waals surface area contributed by atoms with Gasteiger partial charge in [0, 0.05) is 18.5 Å². The highest BCUT2D eigenvalue weighted by Gasteiger charge is 2.17. The number of Topliss-reactive ketones (excluding diaryl/α,β-unsaturated/α-hetero) is 1. The van der Waals surface area contributed by atoms with Crippen LogP contribution in [-0.2, 0) is 14.8 Å². The van der Waals surface area contributed by atoms with Gasteiger partial charge in [0.25, 0.3) is 0 Å². The van der Waals surface area contributed by atoms with E-state index in [1.54, 1.807) is 0 Å². The summed E-state index contributed by atoms with van der Waals surface area (Å²) in [6.07, 6.45) is 0.533. The van der Waals surface area contributed by atoms with Gasteiger partial charge in [-0.1, -0.05) is 18.2 Å². The van der Waals surface area contributed by atoms with E-state index < -0.39 is 10.0 Å². The van der Waals surface area contributed by atoms with Crippen molar-refractivity contribution in [2.45, 2.75) is 37.6 Å². The van der Waals surface area contributed by atoms with E-state index in [1.807, 2.05) is 25.1 Å². The van der Waals surface area contributed by atoms with E-state index in [2.05, 4.69) is 10.0 Å². The van der Waals surface area contributed by atoms with Gasteiger partial charge >= 0.3 is 0 Å². The number of amides is 1. The van der Waals surface area contributed by atoms with Crippen LogP contribution >= 0.6 is 0 Å². The van der Waals surface area contributed by atoms with Crippen molar-refractivity contribution in [1.29, 1.82) is 0 Å². The number of hydrogen-bond donors (Lipinski definition) is 2. The minimum absolute atomic E-state index is 0.0779. The molecule has 1 heterocycles. The molecule has 9 heteroatoms. The number of fused-ring (bicyclic) bond motifs is 1. The van der Waals surface area contributed by atoms with E-state index in [4.69, 9.17) is 9.47 Å². The predicted octanol–water partition coefficient (Wildman–Crippen LogP) is 2.60. The fourth-order valence-corrected chi connectivity index (χ4v) is 4.21. The molecule has 0 bridgehead atoms. The van der Waals surface area contributed by atoms with E-state index in [9.17, 15) is 18.0 Å². The predicted molar refractivity (Wildman–Crippen MR) is 115 cm³/mol. The second kappa shape index (κ2) is 9.93. The zero-order valence-corrected chi connectivity index (χ0v) is 18.3. The first-order valence-corrected chi connectivity index (χ1v) is 11.5. The fourth-order valence-electron chi connectivity index (χ4n) is 3.13. The summed E-state index contributed by atoms with van der Waals surface area (Å²) in [5, 5.41) is 2.90. The first kappa shape index (κ1) is 22.8. The maximum atomic E-state index is 12.3. The second-order valence-electron chi connectivity index (χ2n) is 7.27.